The fourth-order valence-electron chi connectivity index (χ4n) is 4.04. The van der Waals surface area contributed by atoms with Crippen LogP contribution in [0.2, 0.25) is 0 Å². The van der Waals surface area contributed by atoms with Crippen molar-refractivity contribution in [3.8, 4) is 23.0 Å². The largest absolute Gasteiger partial charge is 0.493 e. The lowest BCUT2D eigenvalue weighted by atomic mass is 9.97. The number of hydrogen-bond acceptors (Lipinski definition) is 5. The van der Waals surface area contributed by atoms with Crippen LogP contribution in [0.3, 0.4) is 0 Å². The number of methoxy groups -OCH3 is 2. The summed E-state index contributed by atoms with van der Waals surface area (Å²) in [6, 6.07) is 13.9. The second-order valence-corrected chi connectivity index (χ2v) is 8.87. The normalized spacial score (nSPS) is 21.8. The fraction of sp³-hybridized carbons (Fsp3) is 0.500. The van der Waals surface area contributed by atoms with Gasteiger partial charge in [0.15, 0.2) is 11.5 Å². The third kappa shape index (κ3) is 5.87. The Kier molecular flexibility index (Phi) is 6.70. The number of nitrogens with one attached hydrogen (secondary N) is 1. The molecular weight excluding hydrogens is 366 g/mol. The molecular formula is C24H33NO4. The summed E-state index contributed by atoms with van der Waals surface area (Å²) >= 11 is 0. The fourth-order valence-corrected chi connectivity index (χ4v) is 4.04. The number of aliphatic hydroxyl groups excluding tert-OH is 1. The molecule has 1 aliphatic carbocycles. The zero-order valence-corrected chi connectivity index (χ0v) is 18.1. The molecule has 0 heterocycles. The molecule has 0 radical (unpaired) electrons. The van der Waals surface area contributed by atoms with Crippen LogP contribution in [-0.4, -0.2) is 37.0 Å². The van der Waals surface area contributed by atoms with Crippen molar-refractivity contribution in [2.45, 2.75) is 57.7 Å². The van der Waals surface area contributed by atoms with Gasteiger partial charge in [-0.1, -0.05) is 12.1 Å². The molecule has 5 heteroatoms. The monoisotopic (exact) mass is 399 g/mol. The number of benzene rings is 2. The number of aliphatic hydroxyl groups is 1. The molecule has 0 aliphatic heterocycles. The average Bonchev–Trinajstić information content (AvgIpc) is 3.00. The number of hydrogen-bond donors (Lipinski definition) is 2. The van der Waals surface area contributed by atoms with Gasteiger partial charge in [0, 0.05) is 17.6 Å². The van der Waals surface area contributed by atoms with Crippen LogP contribution in [-0.2, 0) is 6.42 Å². The summed E-state index contributed by atoms with van der Waals surface area (Å²) < 4.78 is 16.5. The van der Waals surface area contributed by atoms with Gasteiger partial charge in [-0.3, -0.25) is 0 Å². The summed E-state index contributed by atoms with van der Waals surface area (Å²) in [4.78, 5) is 0. The molecule has 3 unspecified atom stereocenters. The SMILES string of the molecule is COc1ccc(Oc2ccc(CC3CC(O)C(NC(C)(C)C)C3)cc2)cc1OC. The second kappa shape index (κ2) is 9.06. The van der Waals surface area contributed by atoms with Gasteiger partial charge < -0.3 is 24.6 Å². The highest BCUT2D eigenvalue weighted by molar-refractivity contribution is 5.46. The zero-order valence-electron chi connectivity index (χ0n) is 18.1. The Labute approximate surface area is 174 Å². The van der Waals surface area contributed by atoms with E-state index < -0.39 is 0 Å². The molecule has 2 N–H and O–H groups in total. The van der Waals surface area contributed by atoms with Crippen LogP contribution in [0.25, 0.3) is 0 Å². The summed E-state index contributed by atoms with van der Waals surface area (Å²) in [5.41, 5.74) is 1.28. The van der Waals surface area contributed by atoms with Gasteiger partial charge in [0.25, 0.3) is 0 Å². The van der Waals surface area contributed by atoms with E-state index in [2.05, 4.69) is 38.2 Å². The molecule has 158 valence electrons. The molecule has 0 spiro atoms. The van der Waals surface area contributed by atoms with Gasteiger partial charge in [0.1, 0.15) is 11.5 Å². The molecule has 0 aromatic heterocycles. The van der Waals surface area contributed by atoms with Gasteiger partial charge in [0.05, 0.1) is 20.3 Å². The van der Waals surface area contributed by atoms with Gasteiger partial charge in [-0.15, -0.1) is 0 Å². The first-order chi connectivity index (χ1) is 13.8. The zero-order chi connectivity index (χ0) is 21.0. The molecule has 3 rings (SSSR count). The molecule has 1 saturated carbocycles. The van der Waals surface area contributed by atoms with Crippen LogP contribution >= 0.6 is 0 Å². The van der Waals surface area contributed by atoms with Crippen LogP contribution in [0.15, 0.2) is 42.5 Å². The minimum atomic E-state index is -0.271. The summed E-state index contributed by atoms with van der Waals surface area (Å²) in [7, 11) is 3.22. The van der Waals surface area contributed by atoms with Gasteiger partial charge in [0.2, 0.25) is 0 Å². The van der Waals surface area contributed by atoms with Crippen molar-refractivity contribution in [1.29, 1.82) is 0 Å². The lowest BCUT2D eigenvalue weighted by Gasteiger charge is -2.27. The summed E-state index contributed by atoms with van der Waals surface area (Å²) in [6.45, 7) is 6.43. The van der Waals surface area contributed by atoms with Crippen LogP contribution in [0.5, 0.6) is 23.0 Å². The highest BCUT2D eigenvalue weighted by Gasteiger charge is 2.34. The van der Waals surface area contributed by atoms with Crippen molar-refractivity contribution in [3.05, 3.63) is 48.0 Å². The van der Waals surface area contributed by atoms with Gasteiger partial charge >= 0.3 is 0 Å². The third-order valence-corrected chi connectivity index (χ3v) is 5.28. The molecule has 2 aromatic rings. The highest BCUT2D eigenvalue weighted by Crippen LogP contribution is 2.34. The van der Waals surface area contributed by atoms with E-state index >= 15 is 0 Å². The Morgan fingerprint density at radius 1 is 0.931 bits per heavy atom. The summed E-state index contributed by atoms with van der Waals surface area (Å²) in [6.07, 6.45) is 2.54. The Morgan fingerprint density at radius 2 is 1.59 bits per heavy atom. The van der Waals surface area contributed by atoms with E-state index in [1.165, 1.54) is 5.56 Å². The van der Waals surface area contributed by atoms with Gasteiger partial charge in [-0.05, 0) is 75.8 Å². The molecule has 1 aliphatic rings. The lowest BCUT2D eigenvalue weighted by molar-refractivity contribution is 0.133. The maximum absolute atomic E-state index is 10.4. The summed E-state index contributed by atoms with van der Waals surface area (Å²) in [5, 5.41) is 13.9. The maximum Gasteiger partial charge on any atom is 0.164 e. The van der Waals surface area contributed by atoms with Crippen LogP contribution < -0.4 is 19.5 Å². The molecule has 29 heavy (non-hydrogen) atoms. The molecule has 1 fully saturated rings. The van der Waals surface area contributed by atoms with Crippen molar-refractivity contribution in [2.75, 3.05) is 14.2 Å². The molecule has 2 aromatic carbocycles. The van der Waals surface area contributed by atoms with E-state index in [-0.39, 0.29) is 17.7 Å². The van der Waals surface area contributed by atoms with E-state index in [0.717, 1.165) is 25.0 Å². The molecule has 5 nitrogen and oxygen atoms in total. The Bertz CT molecular complexity index is 798. The lowest BCUT2D eigenvalue weighted by Crippen LogP contribution is -2.47. The minimum Gasteiger partial charge on any atom is -0.493 e. The first-order valence-corrected chi connectivity index (χ1v) is 10.2. The van der Waals surface area contributed by atoms with Crippen molar-refractivity contribution in [2.24, 2.45) is 5.92 Å². The van der Waals surface area contributed by atoms with Crippen LogP contribution in [0.4, 0.5) is 0 Å². The highest BCUT2D eigenvalue weighted by atomic mass is 16.5. The van der Waals surface area contributed by atoms with Gasteiger partial charge in [-0.25, -0.2) is 0 Å². The van der Waals surface area contributed by atoms with Crippen molar-refractivity contribution in [1.82, 2.24) is 5.32 Å². The van der Waals surface area contributed by atoms with E-state index in [1.807, 2.05) is 30.3 Å². The van der Waals surface area contributed by atoms with Gasteiger partial charge in [-0.2, -0.15) is 0 Å². The third-order valence-electron chi connectivity index (χ3n) is 5.28. The minimum absolute atomic E-state index is 0.0175. The van der Waals surface area contributed by atoms with E-state index in [1.54, 1.807) is 14.2 Å². The second-order valence-electron chi connectivity index (χ2n) is 8.87. The Morgan fingerprint density at radius 3 is 2.21 bits per heavy atom. The predicted molar refractivity (Wildman–Crippen MR) is 115 cm³/mol. The van der Waals surface area contributed by atoms with Crippen molar-refractivity contribution < 1.29 is 19.3 Å². The topological polar surface area (TPSA) is 60.0 Å². The Hall–Kier alpha value is -2.24. The molecule has 3 atom stereocenters. The van der Waals surface area contributed by atoms with Crippen molar-refractivity contribution in [3.63, 3.8) is 0 Å². The maximum atomic E-state index is 10.4. The molecule has 0 bridgehead atoms. The molecule has 0 amide bonds. The molecule has 0 saturated heterocycles. The predicted octanol–water partition coefficient (Wildman–Crippen LogP) is 4.57. The first kappa shape index (κ1) is 21.5. The van der Waals surface area contributed by atoms with E-state index in [4.69, 9.17) is 14.2 Å². The van der Waals surface area contributed by atoms with E-state index in [0.29, 0.717) is 23.2 Å². The quantitative estimate of drug-likeness (QED) is 0.714. The smallest absolute Gasteiger partial charge is 0.164 e. The average molecular weight is 400 g/mol. The summed E-state index contributed by atoms with van der Waals surface area (Å²) in [5.74, 6) is 3.28. The van der Waals surface area contributed by atoms with Crippen molar-refractivity contribution >= 4 is 0 Å². The number of ether oxygens (including phenoxy) is 3. The van der Waals surface area contributed by atoms with Crippen LogP contribution in [0, 0.1) is 5.92 Å². The van der Waals surface area contributed by atoms with E-state index in [9.17, 15) is 5.11 Å². The standard InChI is InChI=1S/C24H33NO4/c1-24(2,3)25-20-13-17(14-21(20)26)12-16-6-8-18(9-7-16)29-19-10-11-22(27-4)23(15-19)28-5/h6-11,15,17,20-21,25-26H,12-14H2,1-5H3. The Balaban J connectivity index is 1.58. The van der Waals surface area contributed by atoms with Crippen LogP contribution in [0.1, 0.15) is 39.2 Å². The first-order valence-electron chi connectivity index (χ1n) is 10.2. The number of rotatable bonds is 7.